The van der Waals surface area contributed by atoms with E-state index < -0.39 is 11.4 Å². The van der Waals surface area contributed by atoms with Gasteiger partial charge >= 0.3 is 11.9 Å². The van der Waals surface area contributed by atoms with Crippen molar-refractivity contribution >= 4 is 23.3 Å². The molecule has 0 amide bonds. The van der Waals surface area contributed by atoms with Crippen LogP contribution in [0.1, 0.15) is 38.3 Å². The summed E-state index contributed by atoms with van der Waals surface area (Å²) < 4.78 is 10.1. The smallest absolute Gasteiger partial charge is 0.324 e. The van der Waals surface area contributed by atoms with Gasteiger partial charge in [-0.2, -0.15) is 0 Å². The van der Waals surface area contributed by atoms with Crippen LogP contribution in [-0.2, 0) is 29.3 Å². The van der Waals surface area contributed by atoms with Crippen molar-refractivity contribution in [2.45, 2.75) is 32.6 Å². The van der Waals surface area contributed by atoms with Gasteiger partial charge in [0.25, 0.3) is 0 Å². The highest BCUT2D eigenvalue weighted by Crippen LogP contribution is 2.47. The van der Waals surface area contributed by atoms with Crippen LogP contribution in [0.25, 0.3) is 5.57 Å². The maximum absolute atomic E-state index is 12.5. The molecule has 1 unspecified atom stereocenters. The molecule has 0 saturated heterocycles. The first-order chi connectivity index (χ1) is 10.9. The molecule has 0 fully saturated rings. The summed E-state index contributed by atoms with van der Waals surface area (Å²) in [6.07, 6.45) is 1.96. The van der Waals surface area contributed by atoms with E-state index in [0.29, 0.717) is 5.56 Å². The molecule has 1 aromatic rings. The van der Waals surface area contributed by atoms with Gasteiger partial charge in [-0.05, 0) is 36.6 Å². The van der Waals surface area contributed by atoms with Gasteiger partial charge in [-0.25, -0.2) is 0 Å². The third-order valence-corrected chi connectivity index (χ3v) is 4.03. The molecule has 1 aliphatic rings. The second kappa shape index (κ2) is 6.77. The van der Waals surface area contributed by atoms with Crippen molar-refractivity contribution in [2.75, 3.05) is 13.2 Å². The molecule has 0 aromatic heterocycles. The van der Waals surface area contributed by atoms with E-state index in [9.17, 15) is 14.4 Å². The Morgan fingerprint density at radius 1 is 1.17 bits per heavy atom. The number of ether oxygens (including phenoxy) is 2. The summed E-state index contributed by atoms with van der Waals surface area (Å²) >= 11 is 0. The number of ketones is 1. The molecule has 0 aliphatic heterocycles. The molecule has 2 rings (SSSR count). The van der Waals surface area contributed by atoms with Crippen molar-refractivity contribution < 1.29 is 23.9 Å². The number of carbonyl (C=O) groups excluding carboxylic acids is 3. The Hall–Kier alpha value is -2.43. The molecule has 23 heavy (non-hydrogen) atoms. The fraction of sp³-hybridized carbons (Fsp3) is 0.389. The van der Waals surface area contributed by atoms with Gasteiger partial charge < -0.3 is 9.47 Å². The second-order valence-corrected chi connectivity index (χ2v) is 5.44. The second-order valence-electron chi connectivity index (χ2n) is 5.44. The van der Waals surface area contributed by atoms with E-state index in [1.807, 2.05) is 12.1 Å². The molecule has 5 nitrogen and oxygen atoms in total. The lowest BCUT2D eigenvalue weighted by atomic mass is 9.78. The third-order valence-electron chi connectivity index (χ3n) is 4.03. The Labute approximate surface area is 135 Å². The van der Waals surface area contributed by atoms with E-state index in [0.717, 1.165) is 11.1 Å². The maximum Gasteiger partial charge on any atom is 0.324 e. The zero-order chi connectivity index (χ0) is 17.0. The van der Waals surface area contributed by atoms with Crippen LogP contribution in [-0.4, -0.2) is 30.9 Å². The van der Waals surface area contributed by atoms with Crippen LogP contribution < -0.4 is 0 Å². The van der Waals surface area contributed by atoms with E-state index in [-0.39, 0.29) is 31.4 Å². The van der Waals surface area contributed by atoms with Crippen molar-refractivity contribution in [2.24, 2.45) is 0 Å². The van der Waals surface area contributed by atoms with Gasteiger partial charge in [0.1, 0.15) is 6.61 Å². The SMILES string of the molecule is CCOC(=O)C1(C(C)=O)C/C(=C\COC(C)=O)c2ccccc21. The number of fused-ring (bicyclic) bond motifs is 1. The molecule has 0 bridgehead atoms. The highest BCUT2D eigenvalue weighted by molar-refractivity contribution is 6.13. The largest absolute Gasteiger partial charge is 0.465 e. The topological polar surface area (TPSA) is 69.7 Å². The Morgan fingerprint density at radius 2 is 1.87 bits per heavy atom. The minimum atomic E-state index is -1.31. The zero-order valence-electron chi connectivity index (χ0n) is 13.5. The first-order valence-electron chi connectivity index (χ1n) is 7.54. The van der Waals surface area contributed by atoms with Crippen LogP contribution in [0.15, 0.2) is 30.3 Å². The van der Waals surface area contributed by atoms with Crippen molar-refractivity contribution in [1.29, 1.82) is 0 Å². The Balaban J connectivity index is 2.49. The standard InChI is InChI=1S/C18H20O5/c1-4-22-17(21)18(12(2)19)11-14(9-10-23-13(3)20)15-7-5-6-8-16(15)18/h5-9H,4,10-11H2,1-3H3/b14-9+. The van der Waals surface area contributed by atoms with Crippen molar-refractivity contribution in [3.8, 4) is 0 Å². The fourth-order valence-corrected chi connectivity index (χ4v) is 2.95. The van der Waals surface area contributed by atoms with Gasteiger partial charge in [0.05, 0.1) is 6.61 Å². The van der Waals surface area contributed by atoms with Gasteiger partial charge in [0, 0.05) is 13.3 Å². The van der Waals surface area contributed by atoms with Crippen molar-refractivity contribution in [1.82, 2.24) is 0 Å². The van der Waals surface area contributed by atoms with E-state index in [4.69, 9.17) is 9.47 Å². The van der Waals surface area contributed by atoms with E-state index in [2.05, 4.69) is 0 Å². The number of rotatable bonds is 5. The third kappa shape index (κ3) is 3.04. The van der Waals surface area contributed by atoms with Crippen LogP contribution in [0.2, 0.25) is 0 Å². The van der Waals surface area contributed by atoms with Crippen molar-refractivity contribution in [3.05, 3.63) is 41.5 Å². The minimum absolute atomic E-state index is 0.107. The lowest BCUT2D eigenvalue weighted by Crippen LogP contribution is -2.41. The molecule has 1 atom stereocenters. The summed E-state index contributed by atoms with van der Waals surface area (Å²) in [5.74, 6) is -1.16. The summed E-state index contributed by atoms with van der Waals surface area (Å²) in [5.41, 5.74) is 0.974. The summed E-state index contributed by atoms with van der Waals surface area (Å²) in [7, 11) is 0. The molecular weight excluding hydrogens is 296 g/mol. The molecule has 0 saturated carbocycles. The molecule has 1 aliphatic carbocycles. The van der Waals surface area contributed by atoms with Gasteiger partial charge in [0.15, 0.2) is 11.2 Å². The van der Waals surface area contributed by atoms with Crippen molar-refractivity contribution in [3.63, 3.8) is 0 Å². The van der Waals surface area contributed by atoms with E-state index >= 15 is 0 Å². The average molecular weight is 316 g/mol. The molecule has 0 spiro atoms. The quantitative estimate of drug-likeness (QED) is 0.616. The predicted octanol–water partition coefficient (Wildman–Crippen LogP) is 2.43. The molecule has 1 aromatic carbocycles. The predicted molar refractivity (Wildman–Crippen MR) is 84.7 cm³/mol. The average Bonchev–Trinajstić information content (AvgIpc) is 2.83. The monoisotopic (exact) mass is 316 g/mol. The van der Waals surface area contributed by atoms with Crippen LogP contribution in [0.5, 0.6) is 0 Å². The number of Topliss-reactive ketones (excluding diaryl/α,β-unsaturated/α-hetero) is 1. The fourth-order valence-electron chi connectivity index (χ4n) is 2.95. The Kier molecular flexibility index (Phi) is 4.98. The molecule has 5 heteroatoms. The van der Waals surface area contributed by atoms with Gasteiger partial charge in [-0.15, -0.1) is 0 Å². The van der Waals surface area contributed by atoms with Gasteiger partial charge in [-0.3, -0.25) is 14.4 Å². The lowest BCUT2D eigenvalue weighted by molar-refractivity contribution is -0.153. The first-order valence-corrected chi connectivity index (χ1v) is 7.54. The van der Waals surface area contributed by atoms with Crippen LogP contribution in [0.4, 0.5) is 0 Å². The minimum Gasteiger partial charge on any atom is -0.465 e. The number of carbonyl (C=O) groups is 3. The molecule has 0 heterocycles. The summed E-state index contributed by atoms with van der Waals surface area (Å²) in [6, 6.07) is 7.28. The molecule has 0 N–H and O–H groups in total. The number of allylic oxidation sites excluding steroid dienone is 1. The molecule has 122 valence electrons. The lowest BCUT2D eigenvalue weighted by Gasteiger charge is -2.24. The van der Waals surface area contributed by atoms with E-state index in [1.165, 1.54) is 13.8 Å². The van der Waals surface area contributed by atoms with Gasteiger partial charge in [-0.1, -0.05) is 24.3 Å². The number of hydrogen-bond donors (Lipinski definition) is 0. The first kappa shape index (κ1) is 16.9. The number of esters is 2. The van der Waals surface area contributed by atoms with Crippen LogP contribution in [0.3, 0.4) is 0 Å². The normalized spacial score (nSPS) is 20.9. The highest BCUT2D eigenvalue weighted by atomic mass is 16.5. The molecular formula is C18H20O5. The summed E-state index contributed by atoms with van der Waals surface area (Å²) in [4.78, 5) is 35.8. The Bertz CT molecular complexity index is 674. The maximum atomic E-state index is 12.5. The zero-order valence-corrected chi connectivity index (χ0v) is 13.5. The number of benzene rings is 1. The van der Waals surface area contributed by atoms with Crippen LogP contribution >= 0.6 is 0 Å². The summed E-state index contributed by atoms with van der Waals surface area (Å²) in [5, 5.41) is 0. The Morgan fingerprint density at radius 3 is 2.48 bits per heavy atom. The molecule has 0 radical (unpaired) electrons. The highest BCUT2D eigenvalue weighted by Gasteiger charge is 2.52. The van der Waals surface area contributed by atoms with E-state index in [1.54, 1.807) is 25.1 Å². The summed E-state index contributed by atoms with van der Waals surface area (Å²) in [6.45, 7) is 4.77. The van der Waals surface area contributed by atoms with Crippen LogP contribution in [0, 0.1) is 0 Å². The number of hydrogen-bond acceptors (Lipinski definition) is 5. The van der Waals surface area contributed by atoms with Gasteiger partial charge in [0.2, 0.25) is 0 Å².